The predicted octanol–water partition coefficient (Wildman–Crippen LogP) is 5.08. The number of carbonyl (C=O) groups is 1. The summed E-state index contributed by atoms with van der Waals surface area (Å²) in [6.07, 6.45) is 1.68. The summed E-state index contributed by atoms with van der Waals surface area (Å²) in [5.41, 5.74) is 5.46. The summed E-state index contributed by atoms with van der Waals surface area (Å²) in [5.74, 6) is 0.656. The second kappa shape index (κ2) is 10.8. The molecule has 1 amide bonds. The molecule has 0 bridgehead atoms. The van der Waals surface area contributed by atoms with Crippen LogP contribution in [0.1, 0.15) is 47.1 Å². The van der Waals surface area contributed by atoms with E-state index < -0.39 is 0 Å². The number of benzene rings is 3. The molecule has 1 N–H and O–H groups in total. The first-order valence-electron chi connectivity index (χ1n) is 13.3. The number of fused-ring (bicyclic) bond motifs is 5. The maximum Gasteiger partial charge on any atom is 0.227 e. The molecule has 4 atom stereocenters. The van der Waals surface area contributed by atoms with E-state index in [1.165, 1.54) is 11.1 Å². The van der Waals surface area contributed by atoms with Crippen molar-refractivity contribution in [1.82, 2.24) is 4.90 Å². The number of nitrogens with zero attached hydrogens (tertiary/aromatic N) is 1. The molecule has 0 aromatic heterocycles. The monoisotopic (exact) mass is 516 g/mol. The van der Waals surface area contributed by atoms with E-state index in [0.717, 1.165) is 48.5 Å². The van der Waals surface area contributed by atoms with Gasteiger partial charge in [0, 0.05) is 31.2 Å². The van der Waals surface area contributed by atoms with E-state index in [-0.39, 0.29) is 36.0 Å². The van der Waals surface area contributed by atoms with Gasteiger partial charge in [-0.3, -0.25) is 9.69 Å². The van der Waals surface area contributed by atoms with Crippen LogP contribution in [-0.2, 0) is 20.7 Å². The molecule has 2 heterocycles. The molecule has 3 aliphatic rings. The Morgan fingerprint density at radius 2 is 1.87 bits per heavy atom. The van der Waals surface area contributed by atoms with Crippen molar-refractivity contribution in [3.63, 3.8) is 0 Å². The normalized spacial score (nSPS) is 24.6. The van der Waals surface area contributed by atoms with Crippen molar-refractivity contribution in [3.05, 3.63) is 94.8 Å². The van der Waals surface area contributed by atoms with Gasteiger partial charge in [0.25, 0.3) is 0 Å². The molecule has 1 unspecified atom stereocenters. The number of hydrogen-bond acceptors (Lipinski definition) is 5. The first-order valence-corrected chi connectivity index (χ1v) is 13.3. The third kappa shape index (κ3) is 5.32. The van der Waals surface area contributed by atoms with Gasteiger partial charge in [0.2, 0.25) is 5.91 Å². The fourth-order valence-corrected chi connectivity index (χ4v) is 6.17. The maximum atomic E-state index is 14.3. The highest BCUT2D eigenvalue weighted by atomic mass is 19.1. The number of amides is 1. The molecule has 3 aromatic rings. The van der Waals surface area contributed by atoms with Crippen molar-refractivity contribution in [2.45, 2.75) is 43.5 Å². The predicted molar refractivity (Wildman–Crippen MR) is 143 cm³/mol. The minimum Gasteiger partial charge on any atom is -0.497 e. The molecule has 0 radical (unpaired) electrons. The van der Waals surface area contributed by atoms with Crippen LogP contribution in [0.15, 0.2) is 66.7 Å². The number of morpholine rings is 1. The average Bonchev–Trinajstić information content (AvgIpc) is 3.28. The highest BCUT2D eigenvalue weighted by Crippen LogP contribution is 2.49. The first kappa shape index (κ1) is 25.0. The van der Waals surface area contributed by atoms with E-state index >= 15 is 0 Å². The third-order valence-corrected chi connectivity index (χ3v) is 7.94. The number of ether oxygens (including phenoxy) is 3. The summed E-state index contributed by atoms with van der Waals surface area (Å²) in [7, 11) is 1.61. The summed E-state index contributed by atoms with van der Waals surface area (Å²) in [6.45, 7) is 2.82. The molecule has 2 fully saturated rings. The van der Waals surface area contributed by atoms with E-state index in [1.54, 1.807) is 19.2 Å². The van der Waals surface area contributed by atoms with E-state index in [4.69, 9.17) is 14.2 Å². The van der Waals surface area contributed by atoms with Gasteiger partial charge >= 0.3 is 0 Å². The van der Waals surface area contributed by atoms with Gasteiger partial charge in [0.15, 0.2) is 0 Å². The second-order valence-corrected chi connectivity index (χ2v) is 10.5. The lowest BCUT2D eigenvalue weighted by molar-refractivity contribution is -0.121. The van der Waals surface area contributed by atoms with Crippen molar-refractivity contribution in [3.8, 4) is 5.75 Å². The Morgan fingerprint density at radius 1 is 1.05 bits per heavy atom. The van der Waals surface area contributed by atoms with Crippen molar-refractivity contribution in [2.75, 3.05) is 38.7 Å². The molecule has 0 spiro atoms. The summed E-state index contributed by atoms with van der Waals surface area (Å²) in [6, 6.07) is 21.0. The molecule has 198 valence electrons. The van der Waals surface area contributed by atoms with Gasteiger partial charge in [-0.25, -0.2) is 4.39 Å². The van der Waals surface area contributed by atoms with Gasteiger partial charge in [-0.05, 0) is 71.5 Å². The molecular weight excluding hydrogens is 483 g/mol. The van der Waals surface area contributed by atoms with Crippen molar-refractivity contribution in [1.29, 1.82) is 0 Å². The van der Waals surface area contributed by atoms with Crippen LogP contribution >= 0.6 is 0 Å². The van der Waals surface area contributed by atoms with Crippen LogP contribution in [-0.4, -0.2) is 56.4 Å². The van der Waals surface area contributed by atoms with Crippen LogP contribution in [0.2, 0.25) is 0 Å². The van der Waals surface area contributed by atoms with E-state index in [1.807, 2.05) is 30.3 Å². The number of anilines is 1. The molecule has 1 aliphatic carbocycles. The van der Waals surface area contributed by atoms with Gasteiger partial charge in [-0.2, -0.15) is 0 Å². The average molecular weight is 517 g/mol. The largest absolute Gasteiger partial charge is 0.497 e. The Morgan fingerprint density at radius 3 is 2.71 bits per heavy atom. The topological polar surface area (TPSA) is 60.0 Å². The zero-order chi connectivity index (χ0) is 26.1. The van der Waals surface area contributed by atoms with Crippen LogP contribution in [0.5, 0.6) is 5.75 Å². The van der Waals surface area contributed by atoms with Crippen LogP contribution in [0, 0.1) is 5.82 Å². The molecule has 6 nitrogen and oxygen atoms in total. The minimum absolute atomic E-state index is 0.0270. The standard InChI is InChI=1S/C31H33FN2O4/c1-36-24-10-8-23(9-11-24)33-30(35)17-25-18-34(12-13-37-25)19-26-16-29-27-5-3-2-4-20(27)14-21-6-7-22(32)15-28(21)31(29)38-26/h2-11,15,25-26,29,31H,12-14,16-19H2,1H3,(H,33,35)/t25?,26-,29-,31+/m1/s1. The number of carbonyl (C=O) groups excluding carboxylic acids is 1. The van der Waals surface area contributed by atoms with E-state index in [2.05, 4.69) is 34.5 Å². The number of rotatable bonds is 6. The molecule has 6 rings (SSSR count). The van der Waals surface area contributed by atoms with Crippen LogP contribution in [0.3, 0.4) is 0 Å². The summed E-state index contributed by atoms with van der Waals surface area (Å²) < 4.78 is 32.1. The van der Waals surface area contributed by atoms with Crippen LogP contribution < -0.4 is 10.1 Å². The number of nitrogens with one attached hydrogen (secondary N) is 1. The molecular formula is C31H33FN2O4. The number of methoxy groups -OCH3 is 1. The Bertz CT molecular complexity index is 1300. The zero-order valence-corrected chi connectivity index (χ0v) is 21.6. The zero-order valence-electron chi connectivity index (χ0n) is 21.6. The van der Waals surface area contributed by atoms with Crippen LogP contribution in [0.4, 0.5) is 10.1 Å². The van der Waals surface area contributed by atoms with Gasteiger partial charge in [0.05, 0.1) is 38.4 Å². The first-order chi connectivity index (χ1) is 18.6. The Labute approximate surface area is 222 Å². The Kier molecular flexibility index (Phi) is 7.15. The lowest BCUT2D eigenvalue weighted by Gasteiger charge is -2.34. The lowest BCUT2D eigenvalue weighted by atomic mass is 9.87. The van der Waals surface area contributed by atoms with Crippen molar-refractivity contribution < 1.29 is 23.4 Å². The van der Waals surface area contributed by atoms with Gasteiger partial charge in [0.1, 0.15) is 11.6 Å². The molecule has 2 saturated heterocycles. The second-order valence-electron chi connectivity index (χ2n) is 10.5. The van der Waals surface area contributed by atoms with Gasteiger partial charge in [-0.15, -0.1) is 0 Å². The van der Waals surface area contributed by atoms with Crippen molar-refractivity contribution in [2.24, 2.45) is 0 Å². The SMILES string of the molecule is COc1ccc(NC(=O)CC2CN(C[C@H]3C[C@@H]4c5ccccc5Cc5ccc(F)cc5[C@@H]4O3)CCO2)cc1. The molecule has 38 heavy (non-hydrogen) atoms. The summed E-state index contributed by atoms with van der Waals surface area (Å²) in [5, 5.41) is 2.94. The van der Waals surface area contributed by atoms with E-state index in [0.29, 0.717) is 19.6 Å². The van der Waals surface area contributed by atoms with Gasteiger partial charge in [-0.1, -0.05) is 30.3 Å². The lowest BCUT2D eigenvalue weighted by Crippen LogP contribution is -2.46. The number of hydrogen-bond donors (Lipinski definition) is 1. The molecule has 7 heteroatoms. The fraction of sp³-hybridized carbons (Fsp3) is 0.387. The smallest absolute Gasteiger partial charge is 0.227 e. The summed E-state index contributed by atoms with van der Waals surface area (Å²) in [4.78, 5) is 15.0. The third-order valence-electron chi connectivity index (χ3n) is 7.94. The van der Waals surface area contributed by atoms with Gasteiger partial charge < -0.3 is 19.5 Å². The van der Waals surface area contributed by atoms with Crippen LogP contribution in [0.25, 0.3) is 0 Å². The number of halogens is 1. The quantitative estimate of drug-likeness (QED) is 0.495. The maximum absolute atomic E-state index is 14.3. The Balaban J connectivity index is 1.10. The van der Waals surface area contributed by atoms with E-state index in [9.17, 15) is 9.18 Å². The minimum atomic E-state index is -0.218. The molecule has 2 aliphatic heterocycles. The summed E-state index contributed by atoms with van der Waals surface area (Å²) >= 11 is 0. The van der Waals surface area contributed by atoms with Crippen molar-refractivity contribution >= 4 is 11.6 Å². The Hall–Kier alpha value is -3.26. The molecule has 0 saturated carbocycles. The fourth-order valence-electron chi connectivity index (χ4n) is 6.17. The highest BCUT2D eigenvalue weighted by Gasteiger charge is 2.41. The highest BCUT2D eigenvalue weighted by molar-refractivity contribution is 5.91. The molecule has 3 aromatic carbocycles.